The van der Waals surface area contributed by atoms with Crippen LogP contribution in [0.1, 0.15) is 39.5 Å². The number of unbranched alkanes of at least 4 members (excludes halogenated alkanes) is 2. The quantitative estimate of drug-likeness (QED) is 0.684. The molecule has 0 unspecified atom stereocenters. The first-order valence-corrected chi connectivity index (χ1v) is 6.20. The van der Waals surface area contributed by atoms with Gasteiger partial charge in [-0.2, -0.15) is 0 Å². The molecule has 0 aromatic carbocycles. The Bertz CT molecular complexity index is 289. The van der Waals surface area contributed by atoms with Crippen LogP contribution in [-0.2, 0) is 0 Å². The van der Waals surface area contributed by atoms with Crippen molar-refractivity contribution >= 4 is 5.82 Å². The van der Waals surface area contributed by atoms with E-state index in [1.807, 2.05) is 12.1 Å². The van der Waals surface area contributed by atoms with Crippen molar-refractivity contribution in [3.8, 4) is 5.75 Å². The van der Waals surface area contributed by atoms with E-state index < -0.39 is 0 Å². The molecule has 1 aromatic rings. The zero-order chi connectivity index (χ0) is 11.6. The highest BCUT2D eigenvalue weighted by Gasteiger charge is 2.02. The fourth-order valence-corrected chi connectivity index (χ4v) is 1.43. The van der Waals surface area contributed by atoms with Crippen molar-refractivity contribution in [2.24, 2.45) is 0 Å². The standard InChI is InChI=1S/C13H22N2O/c1-3-5-6-9-14-13-12(16-11-4-2)8-7-10-15-13/h7-8,10H,3-6,9,11H2,1-2H3,(H,14,15). The molecule has 1 rings (SSSR count). The van der Waals surface area contributed by atoms with Crippen LogP contribution >= 0.6 is 0 Å². The lowest BCUT2D eigenvalue weighted by molar-refractivity contribution is 0.318. The van der Waals surface area contributed by atoms with Crippen LogP contribution in [0.4, 0.5) is 5.82 Å². The van der Waals surface area contributed by atoms with Crippen molar-refractivity contribution < 1.29 is 4.74 Å². The summed E-state index contributed by atoms with van der Waals surface area (Å²) < 4.78 is 5.62. The predicted octanol–water partition coefficient (Wildman–Crippen LogP) is 3.47. The number of aromatic nitrogens is 1. The third kappa shape index (κ3) is 4.51. The van der Waals surface area contributed by atoms with Gasteiger partial charge in [0.2, 0.25) is 0 Å². The molecule has 0 amide bonds. The van der Waals surface area contributed by atoms with Gasteiger partial charge in [0.05, 0.1) is 6.61 Å². The van der Waals surface area contributed by atoms with Gasteiger partial charge in [-0.3, -0.25) is 0 Å². The SMILES string of the molecule is CCCCCNc1ncccc1OCCC. The molecule has 16 heavy (non-hydrogen) atoms. The number of anilines is 1. The number of hydrogen-bond acceptors (Lipinski definition) is 3. The first kappa shape index (κ1) is 12.8. The molecular formula is C13H22N2O. The molecular weight excluding hydrogens is 200 g/mol. The van der Waals surface area contributed by atoms with Crippen LogP contribution in [0.3, 0.4) is 0 Å². The molecule has 0 saturated heterocycles. The number of pyridine rings is 1. The van der Waals surface area contributed by atoms with E-state index in [2.05, 4.69) is 24.1 Å². The minimum Gasteiger partial charge on any atom is -0.490 e. The lowest BCUT2D eigenvalue weighted by Gasteiger charge is -2.11. The topological polar surface area (TPSA) is 34.2 Å². The molecule has 0 aliphatic carbocycles. The highest BCUT2D eigenvalue weighted by atomic mass is 16.5. The lowest BCUT2D eigenvalue weighted by Crippen LogP contribution is -2.06. The monoisotopic (exact) mass is 222 g/mol. The summed E-state index contributed by atoms with van der Waals surface area (Å²) in [7, 11) is 0. The van der Waals surface area contributed by atoms with E-state index in [9.17, 15) is 0 Å². The van der Waals surface area contributed by atoms with Gasteiger partial charge in [0.15, 0.2) is 11.6 Å². The highest BCUT2D eigenvalue weighted by molar-refractivity contribution is 5.49. The molecule has 0 atom stereocenters. The lowest BCUT2D eigenvalue weighted by atomic mass is 10.2. The number of nitrogens with zero attached hydrogens (tertiary/aromatic N) is 1. The molecule has 3 heteroatoms. The van der Waals surface area contributed by atoms with Gasteiger partial charge in [0.25, 0.3) is 0 Å². The van der Waals surface area contributed by atoms with Crippen molar-refractivity contribution in [2.75, 3.05) is 18.5 Å². The number of ether oxygens (including phenoxy) is 1. The van der Waals surface area contributed by atoms with Crippen LogP contribution in [0, 0.1) is 0 Å². The second-order valence-electron chi connectivity index (χ2n) is 3.83. The van der Waals surface area contributed by atoms with Crippen LogP contribution in [-0.4, -0.2) is 18.1 Å². The maximum Gasteiger partial charge on any atom is 0.168 e. The fourth-order valence-electron chi connectivity index (χ4n) is 1.43. The summed E-state index contributed by atoms with van der Waals surface area (Å²) in [5.41, 5.74) is 0. The zero-order valence-electron chi connectivity index (χ0n) is 10.3. The van der Waals surface area contributed by atoms with E-state index in [-0.39, 0.29) is 0 Å². The molecule has 0 aliphatic heterocycles. The van der Waals surface area contributed by atoms with Crippen molar-refractivity contribution in [2.45, 2.75) is 39.5 Å². The van der Waals surface area contributed by atoms with Gasteiger partial charge in [0.1, 0.15) is 0 Å². The Morgan fingerprint density at radius 3 is 2.88 bits per heavy atom. The fraction of sp³-hybridized carbons (Fsp3) is 0.615. The molecule has 0 radical (unpaired) electrons. The summed E-state index contributed by atoms with van der Waals surface area (Å²) in [6.45, 7) is 6.02. The molecule has 90 valence electrons. The molecule has 3 nitrogen and oxygen atoms in total. The average Bonchev–Trinajstić information content (AvgIpc) is 2.33. The summed E-state index contributed by atoms with van der Waals surface area (Å²) >= 11 is 0. The zero-order valence-corrected chi connectivity index (χ0v) is 10.3. The van der Waals surface area contributed by atoms with Crippen LogP contribution in [0.15, 0.2) is 18.3 Å². The average molecular weight is 222 g/mol. The number of nitrogens with one attached hydrogen (secondary N) is 1. The normalized spacial score (nSPS) is 10.1. The number of rotatable bonds is 8. The summed E-state index contributed by atoms with van der Waals surface area (Å²) in [6.07, 6.45) is 6.49. The van der Waals surface area contributed by atoms with Gasteiger partial charge in [-0.15, -0.1) is 0 Å². The van der Waals surface area contributed by atoms with Crippen LogP contribution in [0.25, 0.3) is 0 Å². The molecule has 0 saturated carbocycles. The van der Waals surface area contributed by atoms with E-state index in [0.29, 0.717) is 0 Å². The molecule has 0 bridgehead atoms. The molecule has 1 heterocycles. The summed E-state index contributed by atoms with van der Waals surface area (Å²) in [5.74, 6) is 1.73. The third-order valence-electron chi connectivity index (χ3n) is 2.31. The third-order valence-corrected chi connectivity index (χ3v) is 2.31. The summed E-state index contributed by atoms with van der Waals surface area (Å²) in [6, 6.07) is 3.87. The van der Waals surface area contributed by atoms with E-state index in [1.165, 1.54) is 19.3 Å². The van der Waals surface area contributed by atoms with E-state index in [1.54, 1.807) is 6.20 Å². The number of hydrogen-bond donors (Lipinski definition) is 1. The van der Waals surface area contributed by atoms with E-state index >= 15 is 0 Å². The van der Waals surface area contributed by atoms with Crippen LogP contribution < -0.4 is 10.1 Å². The van der Waals surface area contributed by atoms with E-state index in [4.69, 9.17) is 4.74 Å². The largest absolute Gasteiger partial charge is 0.490 e. The first-order chi connectivity index (χ1) is 7.88. The van der Waals surface area contributed by atoms with Gasteiger partial charge in [-0.1, -0.05) is 26.7 Å². The summed E-state index contributed by atoms with van der Waals surface area (Å²) in [5, 5.41) is 3.32. The van der Waals surface area contributed by atoms with Crippen molar-refractivity contribution in [3.05, 3.63) is 18.3 Å². The maximum atomic E-state index is 5.62. The van der Waals surface area contributed by atoms with Gasteiger partial charge in [-0.05, 0) is 25.0 Å². The second kappa shape index (κ2) is 7.97. The van der Waals surface area contributed by atoms with Gasteiger partial charge in [-0.25, -0.2) is 4.98 Å². The maximum absolute atomic E-state index is 5.62. The first-order valence-electron chi connectivity index (χ1n) is 6.20. The molecule has 1 N–H and O–H groups in total. The summed E-state index contributed by atoms with van der Waals surface area (Å²) in [4.78, 5) is 4.29. The Morgan fingerprint density at radius 2 is 2.12 bits per heavy atom. The van der Waals surface area contributed by atoms with Crippen LogP contribution in [0.5, 0.6) is 5.75 Å². The van der Waals surface area contributed by atoms with Gasteiger partial charge < -0.3 is 10.1 Å². The Morgan fingerprint density at radius 1 is 1.25 bits per heavy atom. The molecule has 1 aromatic heterocycles. The molecule has 0 fully saturated rings. The van der Waals surface area contributed by atoms with Crippen molar-refractivity contribution in [3.63, 3.8) is 0 Å². The Balaban J connectivity index is 2.43. The van der Waals surface area contributed by atoms with Crippen LogP contribution in [0.2, 0.25) is 0 Å². The predicted molar refractivity (Wildman–Crippen MR) is 68.0 cm³/mol. The molecule has 0 aliphatic rings. The minimum absolute atomic E-state index is 0.745. The van der Waals surface area contributed by atoms with Gasteiger partial charge in [0, 0.05) is 12.7 Å². The smallest absolute Gasteiger partial charge is 0.168 e. The van der Waals surface area contributed by atoms with Gasteiger partial charge >= 0.3 is 0 Å². The van der Waals surface area contributed by atoms with Crippen molar-refractivity contribution in [1.29, 1.82) is 0 Å². The second-order valence-corrected chi connectivity index (χ2v) is 3.83. The highest BCUT2D eigenvalue weighted by Crippen LogP contribution is 2.20. The van der Waals surface area contributed by atoms with E-state index in [0.717, 1.165) is 31.1 Å². The van der Waals surface area contributed by atoms with Crippen molar-refractivity contribution in [1.82, 2.24) is 4.98 Å². The minimum atomic E-state index is 0.745. The Hall–Kier alpha value is -1.25. The molecule has 0 spiro atoms. The Kier molecular flexibility index (Phi) is 6.38. The Labute approximate surface area is 98.2 Å².